The van der Waals surface area contributed by atoms with E-state index in [1.807, 2.05) is 60.7 Å². The molecule has 1 heteroatoms. The van der Waals surface area contributed by atoms with Gasteiger partial charge in [-0.05, 0) is 17.0 Å². The van der Waals surface area contributed by atoms with Crippen LogP contribution in [0.4, 0.5) is 0 Å². The molecule has 0 unspecified atom stereocenters. The number of hydrogen-bond donors (Lipinski definition) is 0. The molecular formula is C18H14O. The van der Waals surface area contributed by atoms with Crippen molar-refractivity contribution < 1.29 is 4.74 Å². The van der Waals surface area contributed by atoms with Crippen LogP contribution in [-0.2, 0) is 17.8 Å². The van der Waals surface area contributed by atoms with Gasteiger partial charge < -0.3 is 4.74 Å². The molecule has 0 bridgehead atoms. The lowest BCUT2D eigenvalue weighted by Crippen LogP contribution is -1.84. The van der Waals surface area contributed by atoms with Gasteiger partial charge in [0.1, 0.15) is 12.7 Å². The summed E-state index contributed by atoms with van der Waals surface area (Å²) in [5, 5.41) is 0. The molecule has 92 valence electrons. The molecule has 0 aliphatic rings. The average Bonchev–Trinajstić information content (AvgIpc) is 2.48. The normalized spacial score (nSPS) is 8.63. The quantitative estimate of drug-likeness (QED) is 0.754. The van der Waals surface area contributed by atoms with E-state index in [0.29, 0.717) is 13.0 Å². The van der Waals surface area contributed by atoms with Gasteiger partial charge in [-0.2, -0.15) is 0 Å². The van der Waals surface area contributed by atoms with Crippen molar-refractivity contribution in [1.29, 1.82) is 0 Å². The van der Waals surface area contributed by atoms with E-state index in [2.05, 4.69) is 23.9 Å². The second-order valence-electron chi connectivity index (χ2n) is 3.97. The van der Waals surface area contributed by atoms with Crippen molar-refractivity contribution in [2.75, 3.05) is 0 Å². The van der Waals surface area contributed by atoms with Crippen molar-refractivity contribution in [2.45, 2.75) is 13.0 Å². The van der Waals surface area contributed by atoms with E-state index in [4.69, 9.17) is 4.74 Å². The van der Waals surface area contributed by atoms with E-state index in [-0.39, 0.29) is 0 Å². The van der Waals surface area contributed by atoms with Crippen LogP contribution in [0.15, 0.2) is 60.7 Å². The van der Waals surface area contributed by atoms with Crippen molar-refractivity contribution in [1.82, 2.24) is 0 Å². The first-order valence-corrected chi connectivity index (χ1v) is 6.12. The summed E-state index contributed by atoms with van der Waals surface area (Å²) < 4.78 is 5.21. The van der Waals surface area contributed by atoms with Crippen molar-refractivity contribution in [3.63, 3.8) is 0 Å². The topological polar surface area (TPSA) is 9.23 Å². The Kier molecular flexibility index (Phi) is 5.15. The van der Waals surface area contributed by atoms with Crippen LogP contribution in [0.1, 0.15) is 11.1 Å². The number of benzene rings is 2. The summed E-state index contributed by atoms with van der Waals surface area (Å²) in [4.78, 5) is 0. The lowest BCUT2D eigenvalue weighted by atomic mass is 10.2. The second kappa shape index (κ2) is 7.64. The van der Waals surface area contributed by atoms with Crippen LogP contribution in [0.2, 0.25) is 0 Å². The zero-order valence-electron chi connectivity index (χ0n) is 10.6. The van der Waals surface area contributed by atoms with Gasteiger partial charge in [0.15, 0.2) is 0 Å². The van der Waals surface area contributed by atoms with E-state index in [9.17, 15) is 0 Å². The molecule has 0 amide bonds. The molecule has 1 nitrogen and oxygen atoms in total. The fourth-order valence-electron chi connectivity index (χ4n) is 1.54. The number of hydrogen-bond acceptors (Lipinski definition) is 1. The summed E-state index contributed by atoms with van der Waals surface area (Å²) in [5.74, 6) is 8.47. The van der Waals surface area contributed by atoms with Crippen LogP contribution in [-0.4, -0.2) is 0 Å². The van der Waals surface area contributed by atoms with Gasteiger partial charge in [0.05, 0.1) is 0 Å². The van der Waals surface area contributed by atoms with Gasteiger partial charge >= 0.3 is 0 Å². The van der Waals surface area contributed by atoms with Crippen LogP contribution in [0.5, 0.6) is 0 Å². The van der Waals surface area contributed by atoms with Crippen LogP contribution in [0, 0.1) is 23.9 Å². The average molecular weight is 246 g/mol. The third-order valence-electron chi connectivity index (χ3n) is 2.49. The van der Waals surface area contributed by atoms with E-state index < -0.39 is 0 Å². The highest BCUT2D eigenvalue weighted by Gasteiger charge is 1.87. The SMILES string of the molecule is C(C#COCc1ccccc1)#CCc1ccccc1. The van der Waals surface area contributed by atoms with E-state index in [1.54, 1.807) is 0 Å². The fourth-order valence-corrected chi connectivity index (χ4v) is 1.54. The Bertz CT molecular complexity index is 607. The lowest BCUT2D eigenvalue weighted by Gasteiger charge is -1.96. The van der Waals surface area contributed by atoms with Gasteiger partial charge in [0.2, 0.25) is 0 Å². The first-order chi connectivity index (χ1) is 9.45. The van der Waals surface area contributed by atoms with Gasteiger partial charge in [-0.3, -0.25) is 0 Å². The van der Waals surface area contributed by atoms with E-state index >= 15 is 0 Å². The Balaban J connectivity index is 1.73. The van der Waals surface area contributed by atoms with Gasteiger partial charge in [-0.15, -0.1) is 0 Å². The molecule has 2 aromatic rings. The van der Waals surface area contributed by atoms with Crippen LogP contribution in [0.3, 0.4) is 0 Å². The largest absolute Gasteiger partial charge is 0.441 e. The van der Waals surface area contributed by atoms with Crippen LogP contribution < -0.4 is 0 Å². The zero-order chi connectivity index (χ0) is 13.2. The predicted molar refractivity (Wildman–Crippen MR) is 76.9 cm³/mol. The minimum atomic E-state index is 0.494. The van der Waals surface area contributed by atoms with Crippen molar-refractivity contribution in [3.8, 4) is 23.9 Å². The molecule has 0 fully saturated rings. The highest BCUT2D eigenvalue weighted by atomic mass is 16.5. The summed E-state index contributed by atoms with van der Waals surface area (Å²) in [5.41, 5.74) is 2.30. The van der Waals surface area contributed by atoms with Crippen LogP contribution >= 0.6 is 0 Å². The highest BCUT2D eigenvalue weighted by Crippen LogP contribution is 1.99. The molecule has 0 saturated carbocycles. The fraction of sp³-hybridized carbons (Fsp3) is 0.111. The van der Waals surface area contributed by atoms with Gasteiger partial charge in [-0.1, -0.05) is 66.6 Å². The minimum Gasteiger partial charge on any atom is -0.441 e. The Morgan fingerprint density at radius 3 is 2.05 bits per heavy atom. The molecule has 2 rings (SSSR count). The highest BCUT2D eigenvalue weighted by molar-refractivity contribution is 5.28. The first kappa shape index (κ1) is 12.8. The Morgan fingerprint density at radius 1 is 0.737 bits per heavy atom. The summed E-state index contributed by atoms with van der Waals surface area (Å²) in [6, 6.07) is 20.0. The Hall–Kier alpha value is -2.64. The van der Waals surface area contributed by atoms with Crippen LogP contribution in [0.25, 0.3) is 0 Å². The molecule has 2 aromatic carbocycles. The number of rotatable bonds is 3. The summed E-state index contributed by atoms with van der Waals surface area (Å²) in [6.07, 6.45) is 3.31. The Labute approximate surface area is 114 Å². The van der Waals surface area contributed by atoms with Gasteiger partial charge in [-0.25, -0.2) is 0 Å². The molecule has 0 aliphatic heterocycles. The molecule has 0 atom stereocenters. The van der Waals surface area contributed by atoms with Crippen molar-refractivity contribution >= 4 is 0 Å². The maximum atomic E-state index is 5.21. The first-order valence-electron chi connectivity index (χ1n) is 6.12. The summed E-state index contributed by atoms with van der Waals surface area (Å²) >= 11 is 0. The maximum absolute atomic E-state index is 5.21. The summed E-state index contributed by atoms with van der Waals surface area (Å²) in [7, 11) is 0. The molecule has 19 heavy (non-hydrogen) atoms. The molecular weight excluding hydrogens is 232 g/mol. The molecule has 0 heterocycles. The Morgan fingerprint density at radius 2 is 1.37 bits per heavy atom. The van der Waals surface area contributed by atoms with Gasteiger partial charge in [0.25, 0.3) is 0 Å². The van der Waals surface area contributed by atoms with Crippen molar-refractivity contribution in [2.24, 2.45) is 0 Å². The monoisotopic (exact) mass is 246 g/mol. The minimum absolute atomic E-state index is 0.494. The maximum Gasteiger partial charge on any atom is 0.125 e. The van der Waals surface area contributed by atoms with Crippen molar-refractivity contribution in [3.05, 3.63) is 71.8 Å². The third kappa shape index (κ3) is 5.02. The molecule has 0 aromatic heterocycles. The predicted octanol–water partition coefficient (Wildman–Crippen LogP) is 3.41. The molecule has 0 N–H and O–H groups in total. The lowest BCUT2D eigenvalue weighted by molar-refractivity contribution is 0.265. The standard InChI is InChI=1S/C18H14O/c1-4-10-17(11-5-1)12-8-3-9-15-19-16-18-13-6-2-7-14-18/h1-2,4-7,10-11,13-14H,12,16H2. The summed E-state index contributed by atoms with van der Waals surface area (Å²) in [6.45, 7) is 0.494. The zero-order valence-corrected chi connectivity index (χ0v) is 10.6. The van der Waals surface area contributed by atoms with Gasteiger partial charge in [0, 0.05) is 12.3 Å². The van der Waals surface area contributed by atoms with E-state index in [1.165, 1.54) is 5.56 Å². The molecule has 0 radical (unpaired) electrons. The third-order valence-corrected chi connectivity index (χ3v) is 2.49. The second-order valence-corrected chi connectivity index (χ2v) is 3.97. The number of ether oxygens (including phenoxy) is 1. The molecule has 0 saturated heterocycles. The van der Waals surface area contributed by atoms with E-state index in [0.717, 1.165) is 5.56 Å². The molecule has 0 aliphatic carbocycles. The smallest absolute Gasteiger partial charge is 0.125 e. The molecule has 0 spiro atoms.